The molecule has 1 aliphatic rings. The maximum Gasteiger partial charge on any atom is 0.341 e. The van der Waals surface area contributed by atoms with Gasteiger partial charge < -0.3 is 10.0 Å². The van der Waals surface area contributed by atoms with Crippen LogP contribution in [0.5, 0.6) is 0 Å². The van der Waals surface area contributed by atoms with Crippen LogP contribution in [0.15, 0.2) is 23.1 Å². The summed E-state index contributed by atoms with van der Waals surface area (Å²) in [6.45, 7) is 5.54. The number of hydrogen-bond donors (Lipinski definition) is 1. The number of anilines is 1. The third-order valence-corrected chi connectivity index (χ3v) is 5.63. The summed E-state index contributed by atoms with van der Waals surface area (Å²) >= 11 is 0. The van der Waals surface area contributed by atoms with Crippen LogP contribution in [0.25, 0.3) is 0 Å². The van der Waals surface area contributed by atoms with E-state index in [1.807, 2.05) is 11.8 Å². The standard InChI is InChI=1S/C15H21F2N3O5S/c1-10-8-18(9-11(2)21)5-6-19(10)13-4-3-12(7-14(13)20(22)23)26(24,25)15(16)17/h3-4,7,10-11,15,21H,5-6,8-9H2,1-2H3. The fourth-order valence-electron chi connectivity index (χ4n) is 3.10. The molecule has 0 radical (unpaired) electrons. The minimum absolute atomic E-state index is 0.140. The average molecular weight is 393 g/mol. The molecule has 11 heteroatoms. The minimum Gasteiger partial charge on any atom is -0.392 e. The predicted molar refractivity (Wildman–Crippen MR) is 91.2 cm³/mol. The largest absolute Gasteiger partial charge is 0.392 e. The van der Waals surface area contributed by atoms with Crippen molar-refractivity contribution in [1.82, 2.24) is 4.90 Å². The lowest BCUT2D eigenvalue weighted by Crippen LogP contribution is -2.53. The zero-order valence-electron chi connectivity index (χ0n) is 14.4. The summed E-state index contributed by atoms with van der Waals surface area (Å²) in [6.07, 6.45) is -0.498. The molecule has 2 atom stereocenters. The lowest BCUT2D eigenvalue weighted by Gasteiger charge is -2.41. The number of halogens is 2. The Morgan fingerprint density at radius 3 is 2.54 bits per heavy atom. The van der Waals surface area contributed by atoms with Gasteiger partial charge in [-0.25, -0.2) is 8.42 Å². The molecule has 1 aliphatic heterocycles. The van der Waals surface area contributed by atoms with Crippen molar-refractivity contribution >= 4 is 21.2 Å². The fraction of sp³-hybridized carbons (Fsp3) is 0.600. The number of sulfone groups is 1. The Balaban J connectivity index is 2.34. The Morgan fingerprint density at radius 1 is 1.38 bits per heavy atom. The first-order chi connectivity index (χ1) is 12.0. The van der Waals surface area contributed by atoms with Gasteiger partial charge in [-0.3, -0.25) is 15.0 Å². The van der Waals surface area contributed by atoms with Gasteiger partial charge in [-0.1, -0.05) is 0 Å². The van der Waals surface area contributed by atoms with E-state index in [1.165, 1.54) is 6.07 Å². The topological polar surface area (TPSA) is 104 Å². The van der Waals surface area contributed by atoms with E-state index >= 15 is 0 Å². The molecule has 1 aromatic rings. The van der Waals surface area contributed by atoms with Crippen LogP contribution >= 0.6 is 0 Å². The highest BCUT2D eigenvalue weighted by Crippen LogP contribution is 2.34. The Kier molecular flexibility index (Phi) is 6.14. The van der Waals surface area contributed by atoms with Gasteiger partial charge in [0.05, 0.1) is 15.9 Å². The van der Waals surface area contributed by atoms with Crippen LogP contribution in [0.1, 0.15) is 13.8 Å². The molecule has 0 bridgehead atoms. The summed E-state index contributed by atoms with van der Waals surface area (Å²) in [6, 6.07) is 2.72. The molecule has 2 unspecified atom stereocenters. The molecule has 1 N–H and O–H groups in total. The molecule has 1 aromatic carbocycles. The number of β-amino-alcohol motifs (C(OH)–C–C–N with tert-alkyl or cyclic N) is 1. The molecule has 1 heterocycles. The van der Waals surface area contributed by atoms with E-state index in [2.05, 4.69) is 0 Å². The third kappa shape index (κ3) is 4.27. The highest BCUT2D eigenvalue weighted by Gasteiger charge is 2.33. The first kappa shape index (κ1) is 20.5. The van der Waals surface area contributed by atoms with Crippen LogP contribution < -0.4 is 4.90 Å². The maximum atomic E-state index is 12.7. The van der Waals surface area contributed by atoms with Crippen LogP contribution in [0.4, 0.5) is 20.2 Å². The number of piperazine rings is 1. The Morgan fingerprint density at radius 2 is 2.04 bits per heavy atom. The first-order valence-corrected chi connectivity index (χ1v) is 9.56. The Hall–Kier alpha value is -1.85. The molecule has 0 amide bonds. The van der Waals surface area contributed by atoms with E-state index in [0.29, 0.717) is 32.2 Å². The molecular weight excluding hydrogens is 372 g/mol. The first-order valence-electron chi connectivity index (χ1n) is 8.01. The van der Waals surface area contributed by atoms with Crippen molar-refractivity contribution < 1.29 is 27.2 Å². The second-order valence-corrected chi connectivity index (χ2v) is 8.28. The zero-order chi connectivity index (χ0) is 19.6. The smallest absolute Gasteiger partial charge is 0.341 e. The minimum atomic E-state index is -4.91. The van der Waals surface area contributed by atoms with Crippen molar-refractivity contribution in [3.8, 4) is 0 Å². The maximum absolute atomic E-state index is 12.7. The number of aliphatic hydroxyl groups is 1. The van der Waals surface area contributed by atoms with Gasteiger partial charge in [-0.05, 0) is 26.0 Å². The van der Waals surface area contributed by atoms with Crippen molar-refractivity contribution in [3.63, 3.8) is 0 Å². The van der Waals surface area contributed by atoms with Gasteiger partial charge in [0.2, 0.25) is 9.84 Å². The number of hydrogen-bond acceptors (Lipinski definition) is 7. The molecule has 8 nitrogen and oxygen atoms in total. The molecule has 2 rings (SSSR count). The van der Waals surface area contributed by atoms with Gasteiger partial charge in [0.25, 0.3) is 5.69 Å². The van der Waals surface area contributed by atoms with Crippen LogP contribution in [-0.2, 0) is 9.84 Å². The van der Waals surface area contributed by atoms with E-state index in [0.717, 1.165) is 6.07 Å². The highest BCUT2D eigenvalue weighted by atomic mass is 32.2. The fourth-order valence-corrected chi connectivity index (χ4v) is 3.84. The summed E-state index contributed by atoms with van der Waals surface area (Å²) in [7, 11) is -4.91. The molecule has 0 saturated carbocycles. The Labute approximate surface area is 150 Å². The van der Waals surface area contributed by atoms with E-state index in [4.69, 9.17) is 0 Å². The summed E-state index contributed by atoms with van der Waals surface area (Å²) in [4.78, 5) is 13.6. The number of alkyl halides is 2. The summed E-state index contributed by atoms with van der Waals surface area (Å²) < 4.78 is 48.6. The molecule has 0 spiro atoms. The van der Waals surface area contributed by atoms with E-state index in [-0.39, 0.29) is 11.7 Å². The van der Waals surface area contributed by atoms with E-state index in [9.17, 15) is 32.4 Å². The van der Waals surface area contributed by atoms with Crippen LogP contribution in [0.2, 0.25) is 0 Å². The van der Waals surface area contributed by atoms with E-state index < -0.39 is 37.2 Å². The molecule has 1 fully saturated rings. The SMILES string of the molecule is CC(O)CN1CCN(c2ccc(S(=O)(=O)C(F)F)cc2[N+](=O)[O-])C(C)C1. The predicted octanol–water partition coefficient (Wildman–Crippen LogP) is 1.48. The zero-order valence-corrected chi connectivity index (χ0v) is 15.2. The highest BCUT2D eigenvalue weighted by molar-refractivity contribution is 7.91. The third-order valence-electron chi connectivity index (χ3n) is 4.25. The lowest BCUT2D eigenvalue weighted by molar-refractivity contribution is -0.384. The quantitative estimate of drug-likeness (QED) is 0.577. The number of nitro groups is 1. The molecule has 26 heavy (non-hydrogen) atoms. The number of nitrogens with zero attached hydrogens (tertiary/aromatic N) is 3. The van der Waals surface area contributed by atoms with Crippen molar-refractivity contribution in [2.45, 2.75) is 36.6 Å². The molecule has 0 aliphatic carbocycles. The van der Waals surface area contributed by atoms with Gasteiger partial charge >= 0.3 is 5.76 Å². The second kappa shape index (κ2) is 7.80. The monoisotopic (exact) mass is 393 g/mol. The van der Waals surface area contributed by atoms with Gasteiger partial charge in [0, 0.05) is 38.3 Å². The molecular formula is C15H21F2N3O5S. The second-order valence-electron chi connectivity index (χ2n) is 6.36. The van der Waals surface area contributed by atoms with Gasteiger partial charge in [-0.2, -0.15) is 8.78 Å². The number of aliphatic hydroxyl groups excluding tert-OH is 1. The molecule has 146 valence electrons. The summed E-state index contributed by atoms with van der Waals surface area (Å²) in [5.74, 6) is -3.64. The van der Waals surface area contributed by atoms with Gasteiger partial charge in [-0.15, -0.1) is 0 Å². The van der Waals surface area contributed by atoms with Crippen molar-refractivity contribution in [3.05, 3.63) is 28.3 Å². The summed E-state index contributed by atoms with van der Waals surface area (Å²) in [5, 5.41) is 20.9. The lowest BCUT2D eigenvalue weighted by atomic mass is 10.1. The van der Waals surface area contributed by atoms with Crippen molar-refractivity contribution in [2.75, 3.05) is 31.1 Å². The van der Waals surface area contributed by atoms with Crippen molar-refractivity contribution in [2.24, 2.45) is 0 Å². The molecule has 1 saturated heterocycles. The van der Waals surface area contributed by atoms with Crippen molar-refractivity contribution in [1.29, 1.82) is 0 Å². The summed E-state index contributed by atoms with van der Waals surface area (Å²) in [5.41, 5.74) is -0.338. The van der Waals surface area contributed by atoms with Gasteiger partial charge in [0.1, 0.15) is 5.69 Å². The van der Waals surface area contributed by atoms with Gasteiger partial charge in [0.15, 0.2) is 0 Å². The normalized spacial score (nSPS) is 20.4. The number of rotatable bonds is 6. The number of benzene rings is 1. The average Bonchev–Trinajstić information content (AvgIpc) is 2.53. The molecule has 0 aromatic heterocycles. The number of nitro benzene ring substituents is 1. The van der Waals surface area contributed by atoms with Crippen LogP contribution in [0.3, 0.4) is 0 Å². The van der Waals surface area contributed by atoms with Crippen LogP contribution in [0, 0.1) is 10.1 Å². The van der Waals surface area contributed by atoms with Crippen LogP contribution in [-0.4, -0.2) is 67.4 Å². The van der Waals surface area contributed by atoms with E-state index in [1.54, 1.807) is 11.8 Å². The Bertz CT molecular complexity index is 773.